The van der Waals surface area contributed by atoms with E-state index in [1.54, 1.807) is 6.07 Å². The minimum Gasteiger partial charge on any atom is -0.389 e. The maximum Gasteiger partial charge on any atom is 0.127 e. The lowest BCUT2D eigenvalue weighted by Gasteiger charge is -2.29. The number of benzene rings is 1. The number of hydrogen-bond donors (Lipinski definition) is 1. The summed E-state index contributed by atoms with van der Waals surface area (Å²) in [7, 11) is 0. The van der Waals surface area contributed by atoms with Gasteiger partial charge in [0, 0.05) is 10.9 Å². The molecule has 1 aromatic carbocycles. The third-order valence-electron chi connectivity index (χ3n) is 3.93. The van der Waals surface area contributed by atoms with Crippen LogP contribution in [0.25, 0.3) is 0 Å². The molecule has 94 valence electrons. The van der Waals surface area contributed by atoms with Crippen LogP contribution in [0.5, 0.6) is 0 Å². The fraction of sp³-hybridized carbons (Fsp3) is 0.571. The zero-order valence-electron chi connectivity index (χ0n) is 10.0. The van der Waals surface area contributed by atoms with Crippen molar-refractivity contribution in [3.8, 4) is 0 Å². The molecule has 2 atom stereocenters. The zero-order valence-corrected chi connectivity index (χ0v) is 11.6. The molecular weight excluding hydrogens is 283 g/mol. The summed E-state index contributed by atoms with van der Waals surface area (Å²) in [6, 6.07) is 5.06. The Morgan fingerprint density at radius 2 is 2.29 bits per heavy atom. The molecule has 0 aromatic heterocycles. The molecule has 17 heavy (non-hydrogen) atoms. The van der Waals surface area contributed by atoms with E-state index in [9.17, 15) is 9.50 Å². The van der Waals surface area contributed by atoms with Crippen LogP contribution in [0, 0.1) is 11.7 Å². The van der Waals surface area contributed by atoms with Crippen LogP contribution in [0.3, 0.4) is 0 Å². The molecule has 0 saturated heterocycles. The van der Waals surface area contributed by atoms with Crippen molar-refractivity contribution in [1.29, 1.82) is 0 Å². The Morgan fingerprint density at radius 3 is 2.94 bits per heavy atom. The van der Waals surface area contributed by atoms with Gasteiger partial charge in [0.2, 0.25) is 0 Å². The number of rotatable bonds is 3. The summed E-state index contributed by atoms with van der Waals surface area (Å²) < 4.78 is 14.5. The molecule has 0 bridgehead atoms. The van der Waals surface area contributed by atoms with Gasteiger partial charge in [-0.2, -0.15) is 0 Å². The molecule has 0 spiro atoms. The van der Waals surface area contributed by atoms with Crippen molar-refractivity contribution in [3.05, 3.63) is 34.1 Å². The van der Waals surface area contributed by atoms with Crippen LogP contribution >= 0.6 is 15.9 Å². The van der Waals surface area contributed by atoms with Crippen molar-refractivity contribution in [3.63, 3.8) is 0 Å². The minimum absolute atomic E-state index is 0.227. The molecule has 1 aromatic rings. The molecule has 2 unspecified atom stereocenters. The van der Waals surface area contributed by atoms with Gasteiger partial charge >= 0.3 is 0 Å². The van der Waals surface area contributed by atoms with Gasteiger partial charge < -0.3 is 5.11 Å². The molecule has 0 radical (unpaired) electrons. The van der Waals surface area contributed by atoms with E-state index in [-0.39, 0.29) is 5.82 Å². The van der Waals surface area contributed by atoms with Crippen molar-refractivity contribution >= 4 is 15.9 Å². The average Bonchev–Trinajstić information content (AvgIpc) is 2.64. The first kappa shape index (κ1) is 13.0. The first-order chi connectivity index (χ1) is 8.05. The second-order valence-corrected chi connectivity index (χ2v) is 5.93. The van der Waals surface area contributed by atoms with Gasteiger partial charge in [0.25, 0.3) is 0 Å². The molecule has 1 N–H and O–H groups in total. The number of halogens is 2. The molecule has 0 aliphatic heterocycles. The summed E-state index contributed by atoms with van der Waals surface area (Å²) in [5.74, 6) is 0.0834. The van der Waals surface area contributed by atoms with E-state index in [0.717, 1.165) is 30.2 Å². The van der Waals surface area contributed by atoms with E-state index in [0.29, 0.717) is 17.9 Å². The Balaban J connectivity index is 2.19. The Morgan fingerprint density at radius 1 is 1.53 bits per heavy atom. The van der Waals surface area contributed by atoms with Crippen LogP contribution in [0.4, 0.5) is 4.39 Å². The SMILES string of the molecule is CCC1CCCC1(O)Cc1ccc(Br)cc1F. The molecule has 1 saturated carbocycles. The number of aliphatic hydroxyl groups is 1. The molecule has 1 nitrogen and oxygen atoms in total. The molecular formula is C14H18BrFO. The standard InChI is InChI=1S/C14H18BrFO/c1-2-11-4-3-7-14(11,17)9-10-5-6-12(15)8-13(10)16/h5-6,8,11,17H,2-4,7,9H2,1H3. The fourth-order valence-electron chi connectivity index (χ4n) is 2.94. The maximum atomic E-state index is 13.8. The summed E-state index contributed by atoms with van der Waals surface area (Å²) in [6.07, 6.45) is 4.30. The second-order valence-electron chi connectivity index (χ2n) is 5.01. The fourth-order valence-corrected chi connectivity index (χ4v) is 3.27. The summed E-state index contributed by atoms with van der Waals surface area (Å²) in [6.45, 7) is 2.10. The highest BCUT2D eigenvalue weighted by atomic mass is 79.9. The van der Waals surface area contributed by atoms with Crippen LogP contribution in [0.15, 0.2) is 22.7 Å². The number of hydrogen-bond acceptors (Lipinski definition) is 1. The molecule has 1 aliphatic rings. The van der Waals surface area contributed by atoms with Gasteiger partial charge in [-0.05, 0) is 36.5 Å². The van der Waals surface area contributed by atoms with Crippen LogP contribution in [-0.4, -0.2) is 10.7 Å². The lowest BCUT2D eigenvalue weighted by Crippen LogP contribution is -2.35. The van der Waals surface area contributed by atoms with E-state index in [2.05, 4.69) is 22.9 Å². The quantitative estimate of drug-likeness (QED) is 0.892. The summed E-state index contributed by atoms with van der Waals surface area (Å²) in [5, 5.41) is 10.6. The molecule has 0 heterocycles. The lowest BCUT2D eigenvalue weighted by atomic mass is 9.83. The first-order valence-electron chi connectivity index (χ1n) is 6.21. The zero-order chi connectivity index (χ0) is 12.5. The maximum absolute atomic E-state index is 13.8. The summed E-state index contributed by atoms with van der Waals surface area (Å²) in [4.78, 5) is 0. The van der Waals surface area contributed by atoms with E-state index < -0.39 is 5.60 Å². The van der Waals surface area contributed by atoms with Crippen LogP contribution in [-0.2, 0) is 6.42 Å². The average molecular weight is 301 g/mol. The molecule has 1 aliphatic carbocycles. The van der Waals surface area contributed by atoms with Gasteiger partial charge in [0.05, 0.1) is 5.60 Å². The monoisotopic (exact) mass is 300 g/mol. The van der Waals surface area contributed by atoms with E-state index in [1.165, 1.54) is 6.07 Å². The third kappa shape index (κ3) is 2.71. The van der Waals surface area contributed by atoms with Crippen molar-refractivity contribution < 1.29 is 9.50 Å². The predicted molar refractivity (Wildman–Crippen MR) is 70.4 cm³/mol. The Labute approximate surface area is 110 Å². The van der Waals surface area contributed by atoms with Crippen molar-refractivity contribution in [1.82, 2.24) is 0 Å². The Hall–Kier alpha value is -0.410. The third-order valence-corrected chi connectivity index (χ3v) is 4.42. The van der Waals surface area contributed by atoms with Gasteiger partial charge in [-0.15, -0.1) is 0 Å². The van der Waals surface area contributed by atoms with Crippen molar-refractivity contribution in [2.75, 3.05) is 0 Å². The van der Waals surface area contributed by atoms with Gasteiger partial charge in [0.15, 0.2) is 0 Å². The van der Waals surface area contributed by atoms with Gasteiger partial charge in [-0.3, -0.25) is 0 Å². The smallest absolute Gasteiger partial charge is 0.127 e. The highest BCUT2D eigenvalue weighted by Gasteiger charge is 2.40. The molecule has 3 heteroatoms. The van der Waals surface area contributed by atoms with Gasteiger partial charge in [0.1, 0.15) is 5.82 Å². The summed E-state index contributed by atoms with van der Waals surface area (Å²) in [5.41, 5.74) is -0.0836. The molecule has 0 amide bonds. The minimum atomic E-state index is -0.705. The largest absolute Gasteiger partial charge is 0.389 e. The Bertz CT molecular complexity index is 407. The highest BCUT2D eigenvalue weighted by molar-refractivity contribution is 9.10. The van der Waals surface area contributed by atoms with Crippen molar-refractivity contribution in [2.24, 2.45) is 5.92 Å². The van der Waals surface area contributed by atoms with Gasteiger partial charge in [-0.25, -0.2) is 4.39 Å². The highest BCUT2D eigenvalue weighted by Crippen LogP contribution is 2.40. The topological polar surface area (TPSA) is 20.2 Å². The van der Waals surface area contributed by atoms with E-state index in [1.807, 2.05) is 6.07 Å². The van der Waals surface area contributed by atoms with Crippen LogP contribution in [0.1, 0.15) is 38.2 Å². The van der Waals surface area contributed by atoms with Crippen LogP contribution in [0.2, 0.25) is 0 Å². The summed E-state index contributed by atoms with van der Waals surface area (Å²) >= 11 is 3.25. The predicted octanol–water partition coefficient (Wildman–Crippen LogP) is 4.07. The molecule has 1 fully saturated rings. The first-order valence-corrected chi connectivity index (χ1v) is 7.01. The van der Waals surface area contributed by atoms with E-state index in [4.69, 9.17) is 0 Å². The van der Waals surface area contributed by atoms with E-state index >= 15 is 0 Å². The molecule has 2 rings (SSSR count). The normalized spacial score (nSPS) is 28.6. The van der Waals surface area contributed by atoms with Crippen LogP contribution < -0.4 is 0 Å². The lowest BCUT2D eigenvalue weighted by molar-refractivity contribution is 0.000767. The second kappa shape index (κ2) is 5.07. The van der Waals surface area contributed by atoms with Crippen molar-refractivity contribution in [2.45, 2.75) is 44.6 Å². The van der Waals surface area contributed by atoms with Gasteiger partial charge in [-0.1, -0.05) is 41.8 Å². The Kier molecular flexibility index (Phi) is 3.88.